The van der Waals surface area contributed by atoms with Gasteiger partial charge >= 0.3 is 0 Å². The predicted molar refractivity (Wildman–Crippen MR) is 87.1 cm³/mol. The van der Waals surface area contributed by atoms with Crippen LogP contribution in [0.4, 0.5) is 0 Å². The van der Waals surface area contributed by atoms with Crippen LogP contribution >= 0.6 is 0 Å². The first-order chi connectivity index (χ1) is 11.6. The van der Waals surface area contributed by atoms with Crippen molar-refractivity contribution >= 4 is 11.8 Å². The average molecular weight is 334 g/mol. The molecule has 0 aromatic heterocycles. The highest BCUT2D eigenvalue weighted by atomic mass is 16.6. The van der Waals surface area contributed by atoms with Crippen LogP contribution in [0.25, 0.3) is 0 Å². The molecule has 130 valence electrons. The molecule has 2 amide bonds. The molecule has 0 bridgehead atoms. The van der Waals surface area contributed by atoms with Crippen molar-refractivity contribution in [3.8, 4) is 11.5 Å². The minimum Gasteiger partial charge on any atom is -0.486 e. The molecule has 0 saturated heterocycles. The summed E-state index contributed by atoms with van der Waals surface area (Å²) in [6.45, 7) is 1.35. The van der Waals surface area contributed by atoms with Crippen molar-refractivity contribution in [2.45, 2.75) is 25.0 Å². The second kappa shape index (κ2) is 7.53. The molecule has 24 heavy (non-hydrogen) atoms. The Balaban J connectivity index is 1.35. The minimum absolute atomic E-state index is 0.00317. The van der Waals surface area contributed by atoms with Crippen LogP contribution in [0.2, 0.25) is 0 Å². The molecule has 1 saturated carbocycles. The number of likely N-dealkylation sites (N-methyl/N-ethyl adjacent to an activating group) is 1. The lowest BCUT2D eigenvalue weighted by atomic mass is 10.2. The molecule has 3 N–H and O–H groups in total. The van der Waals surface area contributed by atoms with Crippen molar-refractivity contribution in [3.63, 3.8) is 0 Å². The van der Waals surface area contributed by atoms with Gasteiger partial charge in [0.1, 0.15) is 12.7 Å². The zero-order valence-electron chi connectivity index (χ0n) is 13.8. The van der Waals surface area contributed by atoms with E-state index in [0.29, 0.717) is 31.5 Å². The van der Waals surface area contributed by atoms with Crippen LogP contribution in [0.5, 0.6) is 11.5 Å². The topological polar surface area (TPSA) is 81.1 Å². The lowest BCUT2D eigenvalue weighted by Gasteiger charge is -2.26. The highest BCUT2D eigenvalue weighted by Gasteiger charge is 2.25. The average Bonchev–Trinajstić information content (AvgIpc) is 3.36. The van der Waals surface area contributed by atoms with Gasteiger partial charge in [-0.05, 0) is 25.0 Å². The van der Waals surface area contributed by atoms with Gasteiger partial charge in [0.2, 0.25) is 0 Å². The standard InChI is InChI=1S/C17H23N3O4/c1-20(10-17(22)19-12-6-7-12)9-16(21)18-8-13-11-23-14-4-2-3-5-15(14)24-13/h2-5,12-13H,6-11H2,1H3,(H,18,21)(H,19,22)/p+1/t13-/m1/s1. The minimum atomic E-state index is -0.206. The smallest absolute Gasteiger partial charge is 0.275 e. The second-order valence-corrected chi connectivity index (χ2v) is 6.45. The summed E-state index contributed by atoms with van der Waals surface area (Å²) in [5.74, 6) is 1.33. The summed E-state index contributed by atoms with van der Waals surface area (Å²) >= 11 is 0. The van der Waals surface area contributed by atoms with Crippen LogP contribution in [0.15, 0.2) is 24.3 Å². The number of hydrogen-bond donors (Lipinski definition) is 3. The highest BCUT2D eigenvalue weighted by molar-refractivity contribution is 5.79. The van der Waals surface area contributed by atoms with Gasteiger partial charge < -0.3 is 25.0 Å². The van der Waals surface area contributed by atoms with Crippen molar-refractivity contribution in [1.29, 1.82) is 0 Å². The maximum absolute atomic E-state index is 12.0. The Morgan fingerprint density at radius 1 is 1.17 bits per heavy atom. The van der Waals surface area contributed by atoms with E-state index in [2.05, 4.69) is 10.6 Å². The van der Waals surface area contributed by atoms with Gasteiger partial charge in [-0.1, -0.05) is 12.1 Å². The molecule has 1 unspecified atom stereocenters. The van der Waals surface area contributed by atoms with E-state index < -0.39 is 0 Å². The van der Waals surface area contributed by atoms with Gasteiger partial charge in [0.25, 0.3) is 11.8 Å². The van der Waals surface area contributed by atoms with Gasteiger partial charge in [-0.25, -0.2) is 0 Å². The van der Waals surface area contributed by atoms with E-state index in [1.165, 1.54) is 0 Å². The van der Waals surface area contributed by atoms with E-state index >= 15 is 0 Å². The van der Waals surface area contributed by atoms with Crippen molar-refractivity contribution < 1.29 is 24.0 Å². The van der Waals surface area contributed by atoms with Crippen LogP contribution in [0.1, 0.15) is 12.8 Å². The van der Waals surface area contributed by atoms with Gasteiger partial charge in [-0.15, -0.1) is 0 Å². The van der Waals surface area contributed by atoms with Gasteiger partial charge in [0.15, 0.2) is 24.6 Å². The van der Waals surface area contributed by atoms with E-state index in [1.54, 1.807) is 0 Å². The Hall–Kier alpha value is -2.28. The van der Waals surface area contributed by atoms with Crippen molar-refractivity contribution in [1.82, 2.24) is 10.6 Å². The molecule has 0 spiro atoms. The van der Waals surface area contributed by atoms with E-state index in [1.807, 2.05) is 31.3 Å². The zero-order valence-corrected chi connectivity index (χ0v) is 13.8. The van der Waals surface area contributed by atoms with Gasteiger partial charge in [-0.2, -0.15) is 0 Å². The number of nitrogens with one attached hydrogen (secondary N) is 3. The summed E-state index contributed by atoms with van der Waals surface area (Å²) in [5, 5.41) is 5.77. The maximum Gasteiger partial charge on any atom is 0.275 e. The number of amides is 2. The zero-order chi connectivity index (χ0) is 16.9. The van der Waals surface area contributed by atoms with E-state index in [-0.39, 0.29) is 24.5 Å². The van der Waals surface area contributed by atoms with Crippen LogP contribution in [0.3, 0.4) is 0 Å². The number of quaternary nitrogens is 1. The monoisotopic (exact) mass is 334 g/mol. The molecule has 0 radical (unpaired) electrons. The first kappa shape index (κ1) is 16.6. The third-order valence-electron chi connectivity index (χ3n) is 3.96. The largest absolute Gasteiger partial charge is 0.486 e. The number of rotatable bonds is 7. The number of benzene rings is 1. The van der Waals surface area contributed by atoms with Crippen LogP contribution in [-0.4, -0.2) is 57.2 Å². The molecule has 1 fully saturated rings. The number of fused-ring (bicyclic) bond motifs is 1. The Bertz CT molecular complexity index is 603. The molecule has 2 aliphatic rings. The van der Waals surface area contributed by atoms with Crippen molar-refractivity contribution in [3.05, 3.63) is 24.3 Å². The van der Waals surface area contributed by atoms with Crippen molar-refractivity contribution in [2.24, 2.45) is 0 Å². The summed E-state index contributed by atoms with van der Waals surface area (Å²) < 4.78 is 11.4. The van der Waals surface area contributed by atoms with Crippen LogP contribution in [-0.2, 0) is 9.59 Å². The third kappa shape index (κ3) is 4.86. The summed E-state index contributed by atoms with van der Waals surface area (Å²) in [6.07, 6.45) is 1.93. The van der Waals surface area contributed by atoms with Crippen LogP contribution < -0.4 is 25.0 Å². The highest BCUT2D eigenvalue weighted by Crippen LogP contribution is 2.30. The molecule has 3 rings (SSSR count). The SMILES string of the molecule is C[NH+](CC(=O)NC[C@@H]1COc2ccccc2O1)CC(=O)NC1CC1. The number of para-hydroxylation sites is 2. The normalized spacial score (nSPS) is 20.1. The third-order valence-corrected chi connectivity index (χ3v) is 3.96. The molecule has 2 atom stereocenters. The van der Waals surface area contributed by atoms with Gasteiger partial charge in [-0.3, -0.25) is 9.59 Å². The first-order valence-corrected chi connectivity index (χ1v) is 8.36. The number of ether oxygens (including phenoxy) is 2. The Morgan fingerprint density at radius 2 is 1.88 bits per heavy atom. The number of carbonyl (C=O) groups excluding carboxylic acids is 2. The fourth-order valence-corrected chi connectivity index (χ4v) is 2.57. The fraction of sp³-hybridized carbons (Fsp3) is 0.529. The molecule has 7 heteroatoms. The van der Waals surface area contributed by atoms with E-state index in [4.69, 9.17) is 9.47 Å². The van der Waals surface area contributed by atoms with Gasteiger partial charge in [0.05, 0.1) is 13.6 Å². The summed E-state index contributed by atoms with van der Waals surface area (Å²) in [4.78, 5) is 24.6. The second-order valence-electron chi connectivity index (χ2n) is 6.45. The quantitative estimate of drug-likeness (QED) is 0.581. The molecular weight excluding hydrogens is 310 g/mol. The predicted octanol–water partition coefficient (Wildman–Crippen LogP) is -1.26. The molecule has 1 aliphatic carbocycles. The summed E-state index contributed by atoms with van der Waals surface area (Å²) in [6, 6.07) is 7.83. The molecule has 1 aromatic rings. The van der Waals surface area contributed by atoms with Crippen LogP contribution in [0, 0.1) is 0 Å². The first-order valence-electron chi connectivity index (χ1n) is 8.36. The number of hydrogen-bond acceptors (Lipinski definition) is 4. The lowest BCUT2D eigenvalue weighted by molar-refractivity contribution is -0.862. The molecule has 1 aliphatic heterocycles. The molecule has 1 heterocycles. The van der Waals surface area contributed by atoms with E-state index in [9.17, 15) is 9.59 Å². The number of carbonyl (C=O) groups is 2. The van der Waals surface area contributed by atoms with Gasteiger partial charge in [0, 0.05) is 6.04 Å². The lowest BCUT2D eigenvalue weighted by Crippen LogP contribution is -3.11. The molecular formula is C17H24N3O4+. The molecule has 1 aromatic carbocycles. The molecule has 7 nitrogen and oxygen atoms in total. The Morgan fingerprint density at radius 3 is 2.62 bits per heavy atom. The Kier molecular flexibility index (Phi) is 5.20. The van der Waals surface area contributed by atoms with Crippen molar-refractivity contribution in [2.75, 3.05) is 33.3 Å². The Labute approximate surface area is 141 Å². The summed E-state index contributed by atoms with van der Waals surface area (Å²) in [5.41, 5.74) is 0. The summed E-state index contributed by atoms with van der Waals surface area (Å²) in [7, 11) is 1.84. The van der Waals surface area contributed by atoms with E-state index in [0.717, 1.165) is 23.5 Å². The fourth-order valence-electron chi connectivity index (χ4n) is 2.57. The maximum atomic E-state index is 12.0.